The fourth-order valence-corrected chi connectivity index (χ4v) is 0.829. The predicted molar refractivity (Wildman–Crippen MR) is 53.0 cm³/mol. The smallest absolute Gasteiger partial charge is 0.431 e. The molecule has 0 aliphatic heterocycles. The van der Waals surface area contributed by atoms with Crippen molar-refractivity contribution in [3.05, 3.63) is 36.8 Å². The van der Waals surface area contributed by atoms with E-state index in [0.29, 0.717) is 5.75 Å². The molecule has 3 heteroatoms. The molecule has 1 rings (SSSR count). The summed E-state index contributed by atoms with van der Waals surface area (Å²) in [4.78, 5) is 11.1. The second-order valence-electron chi connectivity index (χ2n) is 2.82. The maximum absolute atomic E-state index is 11.1. The Hall–Kier alpha value is -1.51. The average Bonchev–Trinajstić information content (AvgIpc) is 2.19. The summed E-state index contributed by atoms with van der Waals surface area (Å²) in [5.74, 6) is 0.487. The van der Waals surface area contributed by atoms with Gasteiger partial charge < -0.3 is 9.47 Å². The number of ether oxygens (including phenoxy) is 2. The van der Waals surface area contributed by atoms with E-state index >= 15 is 0 Å². The summed E-state index contributed by atoms with van der Waals surface area (Å²) < 4.78 is 9.79. The van der Waals surface area contributed by atoms with E-state index in [-0.39, 0.29) is 6.10 Å². The Morgan fingerprint density at radius 3 is 2.57 bits per heavy atom. The third-order valence-electron chi connectivity index (χ3n) is 1.70. The summed E-state index contributed by atoms with van der Waals surface area (Å²) in [7, 11) is 0. The lowest BCUT2D eigenvalue weighted by molar-refractivity contribution is 0.0773. The van der Waals surface area contributed by atoms with Crippen LogP contribution in [0.15, 0.2) is 30.3 Å². The summed E-state index contributed by atoms with van der Waals surface area (Å²) in [6, 6.07) is 8.82. The van der Waals surface area contributed by atoms with E-state index in [1.165, 1.54) is 0 Å². The summed E-state index contributed by atoms with van der Waals surface area (Å²) in [5.41, 5.74) is 0. The van der Waals surface area contributed by atoms with Crippen LogP contribution in [-0.4, -0.2) is 12.3 Å². The second kappa shape index (κ2) is 5.27. The number of carbonyl (C=O) groups is 1. The lowest BCUT2D eigenvalue weighted by atomic mass is 10.3. The van der Waals surface area contributed by atoms with Crippen molar-refractivity contribution in [3.63, 3.8) is 0 Å². The predicted octanol–water partition coefficient (Wildman–Crippen LogP) is 2.81. The van der Waals surface area contributed by atoms with Gasteiger partial charge in [-0.15, -0.1) is 0 Å². The SMILES string of the molecule is C[CH]C(C)OC(=O)Oc1ccccc1. The van der Waals surface area contributed by atoms with E-state index in [1.54, 1.807) is 37.6 Å². The van der Waals surface area contributed by atoms with Gasteiger partial charge in [0.05, 0.1) is 0 Å². The minimum atomic E-state index is -0.679. The molecular formula is C11H13O3. The van der Waals surface area contributed by atoms with Gasteiger partial charge >= 0.3 is 6.16 Å². The lowest BCUT2D eigenvalue weighted by Crippen LogP contribution is -2.17. The summed E-state index contributed by atoms with van der Waals surface area (Å²) >= 11 is 0. The zero-order valence-corrected chi connectivity index (χ0v) is 8.27. The molecule has 1 unspecified atom stereocenters. The quantitative estimate of drug-likeness (QED) is 0.547. The first-order valence-electron chi connectivity index (χ1n) is 4.45. The van der Waals surface area contributed by atoms with Crippen molar-refractivity contribution in [1.82, 2.24) is 0 Å². The number of benzene rings is 1. The van der Waals surface area contributed by atoms with Crippen LogP contribution in [0.3, 0.4) is 0 Å². The molecule has 0 spiro atoms. The van der Waals surface area contributed by atoms with E-state index in [4.69, 9.17) is 9.47 Å². The molecule has 0 aliphatic carbocycles. The zero-order chi connectivity index (χ0) is 10.4. The van der Waals surface area contributed by atoms with Gasteiger partial charge in [0.15, 0.2) is 0 Å². The molecule has 75 valence electrons. The molecule has 0 N–H and O–H groups in total. The molecule has 0 amide bonds. The maximum atomic E-state index is 11.1. The van der Waals surface area contributed by atoms with Crippen molar-refractivity contribution in [2.75, 3.05) is 0 Å². The van der Waals surface area contributed by atoms with Gasteiger partial charge in [0.25, 0.3) is 0 Å². The molecule has 1 radical (unpaired) electrons. The largest absolute Gasteiger partial charge is 0.514 e. The zero-order valence-electron chi connectivity index (χ0n) is 8.27. The maximum Gasteiger partial charge on any atom is 0.514 e. The normalized spacial score (nSPS) is 11.9. The molecule has 3 nitrogen and oxygen atoms in total. The fraction of sp³-hybridized carbons (Fsp3) is 0.273. The van der Waals surface area contributed by atoms with Crippen LogP contribution in [-0.2, 0) is 4.74 Å². The summed E-state index contributed by atoms with van der Waals surface area (Å²) in [5, 5.41) is 0. The Balaban J connectivity index is 2.42. The van der Waals surface area contributed by atoms with Gasteiger partial charge in [-0.3, -0.25) is 0 Å². The van der Waals surface area contributed by atoms with Gasteiger partial charge in [-0.05, 0) is 25.5 Å². The number of para-hydroxylation sites is 1. The Morgan fingerprint density at radius 2 is 2.00 bits per heavy atom. The van der Waals surface area contributed by atoms with Crippen molar-refractivity contribution in [2.24, 2.45) is 0 Å². The monoisotopic (exact) mass is 193 g/mol. The first-order valence-corrected chi connectivity index (χ1v) is 4.45. The Kier molecular flexibility index (Phi) is 3.98. The van der Waals surface area contributed by atoms with Gasteiger partial charge in [0, 0.05) is 0 Å². The van der Waals surface area contributed by atoms with Crippen molar-refractivity contribution >= 4 is 6.16 Å². The van der Waals surface area contributed by atoms with Crippen LogP contribution in [0.2, 0.25) is 0 Å². The summed E-state index contributed by atoms with van der Waals surface area (Å²) in [6.45, 7) is 3.59. The molecular weight excluding hydrogens is 180 g/mol. The van der Waals surface area contributed by atoms with Crippen LogP contribution >= 0.6 is 0 Å². The number of hydrogen-bond donors (Lipinski definition) is 0. The van der Waals surface area contributed by atoms with Crippen LogP contribution in [0, 0.1) is 6.42 Å². The standard InChI is InChI=1S/C11H13O3/c1-3-9(2)13-11(12)14-10-7-5-4-6-8-10/h3-9H,1-2H3. The minimum Gasteiger partial charge on any atom is -0.431 e. The lowest BCUT2D eigenvalue weighted by Gasteiger charge is -2.09. The molecule has 0 fully saturated rings. The van der Waals surface area contributed by atoms with E-state index in [0.717, 1.165) is 0 Å². The van der Waals surface area contributed by atoms with Gasteiger partial charge in [-0.25, -0.2) is 4.79 Å². The van der Waals surface area contributed by atoms with E-state index in [9.17, 15) is 4.79 Å². The molecule has 0 aliphatic rings. The first kappa shape index (κ1) is 10.6. The van der Waals surface area contributed by atoms with Crippen LogP contribution in [0.25, 0.3) is 0 Å². The summed E-state index contributed by atoms with van der Waals surface area (Å²) in [6.07, 6.45) is 0.861. The third kappa shape index (κ3) is 3.47. The van der Waals surface area contributed by atoms with Crippen molar-refractivity contribution in [3.8, 4) is 5.75 Å². The highest BCUT2D eigenvalue weighted by Crippen LogP contribution is 2.10. The molecule has 0 saturated carbocycles. The molecule has 0 saturated heterocycles. The molecule has 1 aromatic carbocycles. The highest BCUT2D eigenvalue weighted by atomic mass is 16.7. The van der Waals surface area contributed by atoms with Gasteiger partial charge in [-0.2, -0.15) is 0 Å². The van der Waals surface area contributed by atoms with Crippen molar-refractivity contribution in [2.45, 2.75) is 20.0 Å². The number of carbonyl (C=O) groups excluding carboxylic acids is 1. The molecule has 14 heavy (non-hydrogen) atoms. The highest BCUT2D eigenvalue weighted by molar-refractivity contribution is 5.63. The average molecular weight is 193 g/mol. The highest BCUT2D eigenvalue weighted by Gasteiger charge is 2.09. The molecule has 0 bridgehead atoms. The van der Waals surface area contributed by atoms with Crippen LogP contribution in [0.4, 0.5) is 4.79 Å². The van der Waals surface area contributed by atoms with Crippen molar-refractivity contribution < 1.29 is 14.3 Å². The molecule has 0 aromatic heterocycles. The van der Waals surface area contributed by atoms with Gasteiger partial charge in [-0.1, -0.05) is 25.1 Å². The van der Waals surface area contributed by atoms with E-state index in [1.807, 2.05) is 13.0 Å². The van der Waals surface area contributed by atoms with Crippen LogP contribution < -0.4 is 4.74 Å². The molecule has 1 aromatic rings. The van der Waals surface area contributed by atoms with Gasteiger partial charge in [0.2, 0.25) is 0 Å². The Labute approximate surface area is 83.6 Å². The first-order chi connectivity index (χ1) is 6.72. The van der Waals surface area contributed by atoms with E-state index in [2.05, 4.69) is 0 Å². The Bertz CT molecular complexity index is 282. The molecule has 0 heterocycles. The van der Waals surface area contributed by atoms with Crippen LogP contribution in [0.1, 0.15) is 13.8 Å². The minimum absolute atomic E-state index is 0.230. The molecule has 1 atom stereocenters. The van der Waals surface area contributed by atoms with E-state index < -0.39 is 6.16 Å². The number of hydrogen-bond acceptors (Lipinski definition) is 3. The fourth-order valence-electron chi connectivity index (χ4n) is 0.829. The van der Waals surface area contributed by atoms with Crippen molar-refractivity contribution in [1.29, 1.82) is 0 Å². The van der Waals surface area contributed by atoms with Crippen LogP contribution in [0.5, 0.6) is 5.75 Å². The topological polar surface area (TPSA) is 35.5 Å². The second-order valence-corrected chi connectivity index (χ2v) is 2.82. The third-order valence-corrected chi connectivity index (χ3v) is 1.70. The van der Waals surface area contributed by atoms with Gasteiger partial charge in [0.1, 0.15) is 11.9 Å². The Morgan fingerprint density at radius 1 is 1.36 bits per heavy atom. The number of rotatable bonds is 3.